The molecule has 1 aromatic rings. The lowest BCUT2D eigenvalue weighted by molar-refractivity contribution is -0.384. The number of thioether (sulfide) groups is 1. The molecule has 0 aliphatic rings. The van der Waals surface area contributed by atoms with Crippen molar-refractivity contribution in [1.82, 2.24) is 0 Å². The molecule has 0 saturated heterocycles. The number of carbonyl (C=O) groups is 1. The van der Waals surface area contributed by atoms with Gasteiger partial charge in [0, 0.05) is 30.1 Å². The number of carboxylic acid groups (broad SMARTS) is 1. The standard InChI is InChI=1S/C10H12N2O4S/c1-17-7-6-11(10(13)14)8-2-4-9(5-3-8)12(15)16/h2-5H,6-7H2,1H3,(H,13,14). The number of benzene rings is 1. The first-order valence-corrected chi connectivity index (χ1v) is 6.19. The fraction of sp³-hybridized carbons (Fsp3) is 0.300. The number of non-ortho nitro benzene ring substituents is 1. The lowest BCUT2D eigenvalue weighted by Gasteiger charge is -2.18. The van der Waals surface area contributed by atoms with Gasteiger partial charge < -0.3 is 5.11 Å². The lowest BCUT2D eigenvalue weighted by Crippen LogP contribution is -2.31. The number of anilines is 1. The SMILES string of the molecule is CSCCN(C(=O)O)c1ccc([N+](=O)[O-])cc1. The fourth-order valence-electron chi connectivity index (χ4n) is 1.27. The minimum Gasteiger partial charge on any atom is -0.465 e. The van der Waals surface area contributed by atoms with Crippen LogP contribution in [0.4, 0.5) is 16.2 Å². The Kier molecular flexibility index (Phi) is 4.77. The smallest absolute Gasteiger partial charge is 0.411 e. The molecule has 0 unspecified atom stereocenters. The third kappa shape index (κ3) is 3.63. The van der Waals surface area contributed by atoms with Crippen molar-refractivity contribution in [2.75, 3.05) is 23.5 Å². The molecule has 1 aromatic carbocycles. The number of rotatable bonds is 5. The first-order valence-electron chi connectivity index (χ1n) is 4.80. The fourth-order valence-corrected chi connectivity index (χ4v) is 1.64. The van der Waals surface area contributed by atoms with Crippen LogP contribution in [0.5, 0.6) is 0 Å². The zero-order valence-corrected chi connectivity index (χ0v) is 10.0. The van der Waals surface area contributed by atoms with E-state index >= 15 is 0 Å². The molecule has 0 heterocycles. The summed E-state index contributed by atoms with van der Waals surface area (Å²) in [5.74, 6) is 0.670. The van der Waals surface area contributed by atoms with E-state index in [2.05, 4.69) is 0 Å². The Morgan fingerprint density at radius 2 is 2.06 bits per heavy atom. The van der Waals surface area contributed by atoms with Crippen LogP contribution in [0, 0.1) is 10.1 Å². The number of hydrogen-bond acceptors (Lipinski definition) is 4. The average Bonchev–Trinajstić information content (AvgIpc) is 2.29. The van der Waals surface area contributed by atoms with Crippen LogP contribution in [0.15, 0.2) is 24.3 Å². The first kappa shape index (κ1) is 13.3. The minimum atomic E-state index is -1.06. The maximum atomic E-state index is 11.0. The monoisotopic (exact) mass is 256 g/mol. The molecule has 92 valence electrons. The molecule has 1 N–H and O–H groups in total. The van der Waals surface area contributed by atoms with Crippen molar-refractivity contribution < 1.29 is 14.8 Å². The molecule has 0 saturated carbocycles. The highest BCUT2D eigenvalue weighted by Gasteiger charge is 2.14. The zero-order chi connectivity index (χ0) is 12.8. The highest BCUT2D eigenvalue weighted by Crippen LogP contribution is 2.19. The highest BCUT2D eigenvalue weighted by molar-refractivity contribution is 7.98. The summed E-state index contributed by atoms with van der Waals surface area (Å²) < 4.78 is 0. The number of nitro groups is 1. The van der Waals surface area contributed by atoms with Gasteiger partial charge in [-0.05, 0) is 18.4 Å². The van der Waals surface area contributed by atoms with E-state index in [1.54, 1.807) is 0 Å². The molecule has 6 nitrogen and oxygen atoms in total. The molecule has 0 aromatic heterocycles. The second-order valence-electron chi connectivity index (χ2n) is 3.20. The highest BCUT2D eigenvalue weighted by atomic mass is 32.2. The lowest BCUT2D eigenvalue weighted by atomic mass is 10.2. The van der Waals surface area contributed by atoms with Crippen LogP contribution in [0.25, 0.3) is 0 Å². The van der Waals surface area contributed by atoms with Crippen LogP contribution in [0.3, 0.4) is 0 Å². The molecule has 0 aliphatic heterocycles. The van der Waals surface area contributed by atoms with E-state index in [4.69, 9.17) is 5.11 Å². The molecular formula is C10H12N2O4S. The van der Waals surface area contributed by atoms with Crippen LogP contribution in [0.2, 0.25) is 0 Å². The quantitative estimate of drug-likeness (QED) is 0.646. The first-order chi connectivity index (χ1) is 8.06. The van der Waals surface area contributed by atoms with Gasteiger partial charge in [-0.3, -0.25) is 15.0 Å². The number of hydrogen-bond donors (Lipinski definition) is 1. The maximum Gasteiger partial charge on any atom is 0.411 e. The minimum absolute atomic E-state index is 0.0519. The average molecular weight is 256 g/mol. The Bertz CT molecular complexity index is 407. The number of nitrogens with zero attached hydrogens (tertiary/aromatic N) is 2. The Hall–Kier alpha value is -1.76. The van der Waals surface area contributed by atoms with Crippen LogP contribution in [-0.2, 0) is 0 Å². The third-order valence-electron chi connectivity index (χ3n) is 2.12. The molecule has 0 radical (unpaired) electrons. The largest absolute Gasteiger partial charge is 0.465 e. The van der Waals surface area contributed by atoms with Gasteiger partial charge in [-0.1, -0.05) is 0 Å². The predicted octanol–water partition coefficient (Wildman–Crippen LogP) is 2.44. The number of amides is 1. The molecule has 0 aliphatic carbocycles. The Morgan fingerprint density at radius 3 is 2.47 bits per heavy atom. The molecule has 1 amide bonds. The van der Waals surface area contributed by atoms with Crippen molar-refractivity contribution in [3.05, 3.63) is 34.4 Å². The van der Waals surface area contributed by atoms with Crippen molar-refractivity contribution in [3.63, 3.8) is 0 Å². The van der Waals surface area contributed by atoms with E-state index in [1.807, 2.05) is 6.26 Å². The Balaban J connectivity index is 2.87. The van der Waals surface area contributed by atoms with Gasteiger partial charge in [0.1, 0.15) is 0 Å². The van der Waals surface area contributed by atoms with Gasteiger partial charge in [-0.2, -0.15) is 11.8 Å². The van der Waals surface area contributed by atoms with Gasteiger partial charge >= 0.3 is 6.09 Å². The summed E-state index contributed by atoms with van der Waals surface area (Å²) in [5.41, 5.74) is 0.390. The Morgan fingerprint density at radius 1 is 1.47 bits per heavy atom. The summed E-state index contributed by atoms with van der Waals surface area (Å²) in [5, 5.41) is 19.5. The molecule has 0 fully saturated rings. The van der Waals surface area contributed by atoms with E-state index in [-0.39, 0.29) is 5.69 Å². The van der Waals surface area contributed by atoms with Gasteiger partial charge in [0.2, 0.25) is 0 Å². The van der Waals surface area contributed by atoms with Gasteiger partial charge in [0.25, 0.3) is 5.69 Å². The molecule has 0 atom stereocenters. The summed E-state index contributed by atoms with van der Waals surface area (Å²) in [6, 6.07) is 5.47. The normalized spacial score (nSPS) is 9.94. The van der Waals surface area contributed by atoms with Gasteiger partial charge in [0.15, 0.2) is 0 Å². The van der Waals surface area contributed by atoms with Crippen LogP contribution < -0.4 is 4.90 Å². The summed E-state index contributed by atoms with van der Waals surface area (Å²) in [4.78, 5) is 22.1. The number of nitro benzene ring substituents is 1. The second-order valence-corrected chi connectivity index (χ2v) is 4.19. The van der Waals surface area contributed by atoms with Crippen molar-refractivity contribution >= 4 is 29.2 Å². The topological polar surface area (TPSA) is 83.7 Å². The summed E-state index contributed by atoms with van der Waals surface area (Å²) in [6.45, 7) is 0.355. The van der Waals surface area contributed by atoms with E-state index in [0.29, 0.717) is 18.0 Å². The summed E-state index contributed by atoms with van der Waals surface area (Å²) in [6.07, 6.45) is 0.823. The van der Waals surface area contributed by atoms with Crippen molar-refractivity contribution in [1.29, 1.82) is 0 Å². The van der Waals surface area contributed by atoms with Crippen molar-refractivity contribution in [2.24, 2.45) is 0 Å². The van der Waals surface area contributed by atoms with Gasteiger partial charge in [-0.15, -0.1) is 0 Å². The van der Waals surface area contributed by atoms with Crippen LogP contribution >= 0.6 is 11.8 Å². The van der Waals surface area contributed by atoms with Crippen LogP contribution in [0.1, 0.15) is 0 Å². The van der Waals surface area contributed by atoms with E-state index in [9.17, 15) is 14.9 Å². The summed E-state index contributed by atoms with van der Waals surface area (Å²) in [7, 11) is 0. The van der Waals surface area contributed by atoms with Crippen molar-refractivity contribution in [2.45, 2.75) is 0 Å². The maximum absolute atomic E-state index is 11.0. The molecule has 0 spiro atoms. The zero-order valence-electron chi connectivity index (χ0n) is 9.20. The third-order valence-corrected chi connectivity index (χ3v) is 2.71. The van der Waals surface area contributed by atoms with E-state index in [1.165, 1.54) is 40.9 Å². The van der Waals surface area contributed by atoms with Crippen LogP contribution in [-0.4, -0.2) is 34.7 Å². The molecule has 17 heavy (non-hydrogen) atoms. The molecular weight excluding hydrogens is 244 g/mol. The van der Waals surface area contributed by atoms with Crippen molar-refractivity contribution in [3.8, 4) is 0 Å². The van der Waals surface area contributed by atoms with E-state index in [0.717, 1.165) is 0 Å². The molecule has 0 bridgehead atoms. The van der Waals surface area contributed by atoms with E-state index < -0.39 is 11.0 Å². The predicted molar refractivity (Wildman–Crippen MR) is 66.8 cm³/mol. The molecule has 7 heteroatoms. The van der Waals surface area contributed by atoms with Gasteiger partial charge in [-0.25, -0.2) is 4.79 Å². The second kappa shape index (κ2) is 6.09. The molecule has 1 rings (SSSR count). The Labute approximate surface area is 102 Å². The van der Waals surface area contributed by atoms with Gasteiger partial charge in [0.05, 0.1) is 4.92 Å². The summed E-state index contributed by atoms with van der Waals surface area (Å²) >= 11 is 1.54.